The van der Waals surface area contributed by atoms with Crippen LogP contribution in [0, 0.1) is 5.92 Å². The number of aromatic nitrogens is 3. The highest BCUT2D eigenvalue weighted by atomic mass is 32.1. The van der Waals surface area contributed by atoms with E-state index >= 15 is 0 Å². The number of fused-ring (bicyclic) bond motifs is 1. The van der Waals surface area contributed by atoms with E-state index in [1.54, 1.807) is 11.3 Å². The molecule has 1 fully saturated rings. The van der Waals surface area contributed by atoms with E-state index < -0.39 is 0 Å². The van der Waals surface area contributed by atoms with Gasteiger partial charge in [-0.1, -0.05) is 82.2 Å². The van der Waals surface area contributed by atoms with Crippen LogP contribution in [-0.4, -0.2) is 15.2 Å². The molecule has 0 bridgehead atoms. The number of allylic oxidation sites excluding steroid dienone is 6. The van der Waals surface area contributed by atoms with Gasteiger partial charge in [0, 0.05) is 38.0 Å². The highest BCUT2D eigenvalue weighted by Crippen LogP contribution is 2.33. The first kappa shape index (κ1) is 28.4. The van der Waals surface area contributed by atoms with E-state index in [1.165, 1.54) is 47.9 Å². The van der Waals surface area contributed by atoms with Gasteiger partial charge in [0.25, 0.3) is 0 Å². The normalized spacial score (nSPS) is 16.0. The molecule has 3 N–H and O–H groups in total. The molecule has 0 atom stereocenters. The van der Waals surface area contributed by atoms with Crippen molar-refractivity contribution in [2.45, 2.75) is 52.4 Å². The van der Waals surface area contributed by atoms with E-state index in [0.29, 0.717) is 0 Å². The number of aromatic amines is 2. The van der Waals surface area contributed by atoms with Gasteiger partial charge in [0.05, 0.1) is 11.0 Å². The van der Waals surface area contributed by atoms with Gasteiger partial charge >= 0.3 is 0 Å². The smallest absolute Gasteiger partial charge is 0.116 e. The number of hydrogen-bond acceptors (Lipinski definition) is 3. The van der Waals surface area contributed by atoms with Gasteiger partial charge in [-0.2, -0.15) is 5.10 Å². The van der Waals surface area contributed by atoms with Gasteiger partial charge < -0.3 is 10.3 Å². The third kappa shape index (κ3) is 6.47. The predicted molar refractivity (Wildman–Crippen MR) is 178 cm³/mol. The van der Waals surface area contributed by atoms with E-state index in [-0.39, 0.29) is 0 Å². The van der Waals surface area contributed by atoms with Gasteiger partial charge in [-0.15, -0.1) is 11.3 Å². The molecule has 1 aliphatic rings. The van der Waals surface area contributed by atoms with Crippen molar-refractivity contribution in [3.8, 4) is 21.8 Å². The molecule has 1 saturated carbocycles. The number of nitrogens with one attached hydrogen (secondary N) is 3. The molecule has 0 saturated heterocycles. The van der Waals surface area contributed by atoms with Crippen LogP contribution in [0.1, 0.15) is 52.4 Å². The maximum Gasteiger partial charge on any atom is 0.116 e. The van der Waals surface area contributed by atoms with E-state index in [0.717, 1.165) is 62.4 Å². The van der Waals surface area contributed by atoms with Crippen LogP contribution < -0.4 is 15.9 Å². The fourth-order valence-electron chi connectivity index (χ4n) is 5.79. The Balaban J connectivity index is 1.44. The summed E-state index contributed by atoms with van der Waals surface area (Å²) >= 11 is 1.75. The quantitative estimate of drug-likeness (QED) is 0.170. The minimum absolute atomic E-state index is 0.730. The number of thiophene rings is 1. The average molecular weight is 561 g/mol. The zero-order valence-corrected chi connectivity index (χ0v) is 25.0. The molecule has 4 aromatic rings. The largest absolute Gasteiger partial charge is 0.359 e. The summed E-state index contributed by atoms with van der Waals surface area (Å²) in [5.41, 5.74) is 8.05. The summed E-state index contributed by atoms with van der Waals surface area (Å²) in [6.07, 6.45) is 17.8. The van der Waals surface area contributed by atoms with E-state index in [9.17, 15) is 0 Å². The molecule has 0 amide bonds. The topological polar surface area (TPSA) is 56.5 Å². The first-order chi connectivity index (χ1) is 20.0. The Bertz CT molecular complexity index is 1730. The van der Waals surface area contributed by atoms with Crippen molar-refractivity contribution < 1.29 is 0 Å². The van der Waals surface area contributed by atoms with Crippen LogP contribution in [0.2, 0.25) is 0 Å². The standard InChI is InChI=1S/C36H40N4S/c1-6-27(22-28(7-2)37-25(5)21-26-14-10-9-11-15-26)24(4)20-31-32(8-3)39-40-36(31)34-23-30-29(35-18-13-19-41-35)16-12-17-33(30)38-34/h6-8,12-13,16-20,22-23,26,37-39H,2,4-5,9-11,14-15,21H2,1,3H3/b27-6+,28-22+,31-20+,32-8+. The molecule has 3 aromatic heterocycles. The van der Waals surface area contributed by atoms with Gasteiger partial charge in [0.1, 0.15) is 5.69 Å². The van der Waals surface area contributed by atoms with Gasteiger partial charge in [-0.3, -0.25) is 5.10 Å². The number of hydrogen-bond donors (Lipinski definition) is 3. The van der Waals surface area contributed by atoms with Crippen molar-refractivity contribution in [2.24, 2.45) is 5.92 Å². The molecule has 0 spiro atoms. The number of nitrogens with zero attached hydrogens (tertiary/aromatic N) is 1. The highest BCUT2D eigenvalue weighted by molar-refractivity contribution is 7.13. The Labute approximate surface area is 247 Å². The molecule has 3 heterocycles. The molecule has 41 heavy (non-hydrogen) atoms. The van der Waals surface area contributed by atoms with Crippen LogP contribution in [0.25, 0.3) is 44.9 Å². The minimum atomic E-state index is 0.730. The molecule has 0 unspecified atom stereocenters. The Hall–Kier alpha value is -4.09. The average Bonchev–Trinajstić information content (AvgIpc) is 3.75. The van der Waals surface area contributed by atoms with Crippen molar-refractivity contribution >= 4 is 34.4 Å². The molecule has 1 aliphatic carbocycles. The zero-order valence-electron chi connectivity index (χ0n) is 24.2. The molecule has 0 radical (unpaired) electrons. The summed E-state index contributed by atoms with van der Waals surface area (Å²) in [5, 5.41) is 16.7. The second-order valence-electron chi connectivity index (χ2n) is 10.8. The van der Waals surface area contributed by atoms with Gasteiger partial charge in [-0.25, -0.2) is 0 Å². The molecule has 0 aliphatic heterocycles. The molecule has 1 aromatic carbocycles. The second-order valence-corrected chi connectivity index (χ2v) is 11.7. The summed E-state index contributed by atoms with van der Waals surface area (Å²) in [7, 11) is 0. The molecular formula is C36H40N4S. The van der Waals surface area contributed by atoms with Crippen LogP contribution >= 0.6 is 11.3 Å². The predicted octanol–water partition coefficient (Wildman–Crippen LogP) is 8.51. The van der Waals surface area contributed by atoms with Crippen molar-refractivity contribution in [3.63, 3.8) is 0 Å². The third-order valence-corrected chi connectivity index (χ3v) is 8.84. The third-order valence-electron chi connectivity index (χ3n) is 7.94. The molecule has 5 rings (SSSR count). The van der Waals surface area contributed by atoms with Crippen LogP contribution in [0.4, 0.5) is 0 Å². The Morgan fingerprint density at radius 3 is 2.66 bits per heavy atom. The lowest BCUT2D eigenvalue weighted by atomic mass is 9.86. The lowest BCUT2D eigenvalue weighted by Gasteiger charge is -2.23. The van der Waals surface area contributed by atoms with Crippen LogP contribution in [0.5, 0.6) is 0 Å². The van der Waals surface area contributed by atoms with Crippen molar-refractivity contribution in [1.82, 2.24) is 20.5 Å². The van der Waals surface area contributed by atoms with E-state index in [2.05, 4.69) is 95.1 Å². The van der Waals surface area contributed by atoms with E-state index in [4.69, 9.17) is 5.10 Å². The molecular weight excluding hydrogens is 520 g/mol. The Morgan fingerprint density at radius 1 is 1.12 bits per heavy atom. The van der Waals surface area contributed by atoms with Crippen molar-refractivity contribution in [2.75, 3.05) is 0 Å². The first-order valence-corrected chi connectivity index (χ1v) is 15.4. The van der Waals surface area contributed by atoms with Crippen molar-refractivity contribution in [1.29, 1.82) is 0 Å². The van der Waals surface area contributed by atoms with Crippen LogP contribution in [0.15, 0.2) is 102 Å². The lowest BCUT2D eigenvalue weighted by molar-refractivity contribution is 0.353. The Kier molecular flexibility index (Phi) is 9.05. The molecule has 210 valence electrons. The summed E-state index contributed by atoms with van der Waals surface area (Å²) in [6, 6.07) is 12.9. The summed E-state index contributed by atoms with van der Waals surface area (Å²) in [5.74, 6) is 0.730. The van der Waals surface area contributed by atoms with E-state index in [1.807, 2.05) is 26.0 Å². The highest BCUT2D eigenvalue weighted by Gasteiger charge is 2.15. The number of benzene rings is 1. The zero-order chi connectivity index (χ0) is 28.8. The van der Waals surface area contributed by atoms with Crippen molar-refractivity contribution in [3.05, 3.63) is 113 Å². The number of H-pyrrole nitrogens is 2. The maximum absolute atomic E-state index is 4.72. The van der Waals surface area contributed by atoms with Crippen LogP contribution in [0.3, 0.4) is 0 Å². The lowest BCUT2D eigenvalue weighted by Crippen LogP contribution is -2.23. The first-order valence-electron chi connectivity index (χ1n) is 14.5. The monoisotopic (exact) mass is 560 g/mol. The summed E-state index contributed by atoms with van der Waals surface area (Å²) in [6.45, 7) is 16.9. The fraction of sp³-hybridized carbons (Fsp3) is 0.250. The molecule has 5 heteroatoms. The summed E-state index contributed by atoms with van der Waals surface area (Å²) < 4.78 is 0. The maximum atomic E-state index is 4.72. The van der Waals surface area contributed by atoms with Crippen LogP contribution in [-0.2, 0) is 0 Å². The molecule has 4 nitrogen and oxygen atoms in total. The fourth-order valence-corrected chi connectivity index (χ4v) is 6.56. The van der Waals surface area contributed by atoms with Gasteiger partial charge in [-0.05, 0) is 79.1 Å². The number of rotatable bonds is 10. The van der Waals surface area contributed by atoms with Gasteiger partial charge in [0.2, 0.25) is 0 Å². The SMILES string of the molecule is C=C/C(=C\C(=C/C)C(=C)/C=c1/c(-c2cc3c(-c4cccs4)cccc3[nH]2)n[nH]/c1=C/C)NC(=C)CC1CCCCC1. The second kappa shape index (κ2) is 13.0. The minimum Gasteiger partial charge on any atom is -0.359 e. The summed E-state index contributed by atoms with van der Waals surface area (Å²) in [4.78, 5) is 4.86. The van der Waals surface area contributed by atoms with Gasteiger partial charge in [0.15, 0.2) is 0 Å². The Morgan fingerprint density at radius 2 is 1.95 bits per heavy atom.